The summed E-state index contributed by atoms with van der Waals surface area (Å²) in [6.07, 6.45) is 2.82. The van der Waals surface area contributed by atoms with E-state index < -0.39 is 0 Å². The fraction of sp³-hybridized carbons (Fsp3) is 0.455. The molecule has 0 aliphatic carbocycles. The standard InChI is InChI=1S/C22H26N4O4/c1-14-17(15(2)30-25-14)9-10-21(27)26(12-16-6-5-11-29-16)13-20-23-19-8-4-3-7-18(19)22(28)24-20/h3-4,7-8,16H,5-6,9-13H2,1-2H3,(H,23,24,28). The summed E-state index contributed by atoms with van der Waals surface area (Å²) >= 11 is 0. The van der Waals surface area contributed by atoms with E-state index in [0.29, 0.717) is 36.1 Å². The number of carbonyl (C=O) groups is 1. The highest BCUT2D eigenvalue weighted by Crippen LogP contribution is 2.18. The molecule has 1 N–H and O–H groups in total. The average Bonchev–Trinajstić information content (AvgIpc) is 3.35. The molecule has 1 aliphatic rings. The zero-order valence-electron chi connectivity index (χ0n) is 17.3. The molecule has 4 rings (SSSR count). The van der Waals surface area contributed by atoms with Crippen LogP contribution in [-0.2, 0) is 22.5 Å². The second-order valence-electron chi connectivity index (χ2n) is 7.74. The molecule has 8 nitrogen and oxygen atoms in total. The maximum absolute atomic E-state index is 13.1. The first-order valence-corrected chi connectivity index (χ1v) is 10.3. The highest BCUT2D eigenvalue weighted by Gasteiger charge is 2.24. The number of rotatable bonds is 7. The van der Waals surface area contributed by atoms with Crippen LogP contribution >= 0.6 is 0 Å². The maximum Gasteiger partial charge on any atom is 0.258 e. The van der Waals surface area contributed by atoms with E-state index in [1.165, 1.54) is 0 Å². The van der Waals surface area contributed by atoms with Gasteiger partial charge in [0.05, 0.1) is 29.2 Å². The fourth-order valence-electron chi connectivity index (χ4n) is 3.93. The molecule has 1 aliphatic heterocycles. The van der Waals surface area contributed by atoms with Gasteiger partial charge in [0.1, 0.15) is 11.6 Å². The lowest BCUT2D eigenvalue weighted by Gasteiger charge is -2.25. The Labute approximate surface area is 174 Å². The number of ether oxygens (including phenoxy) is 1. The monoisotopic (exact) mass is 410 g/mol. The first-order valence-electron chi connectivity index (χ1n) is 10.3. The van der Waals surface area contributed by atoms with Crippen LogP contribution in [0.25, 0.3) is 10.9 Å². The summed E-state index contributed by atoms with van der Waals surface area (Å²) < 4.78 is 10.9. The summed E-state index contributed by atoms with van der Waals surface area (Å²) in [6.45, 7) is 5.17. The van der Waals surface area contributed by atoms with Crippen LogP contribution in [0, 0.1) is 13.8 Å². The lowest BCUT2D eigenvalue weighted by molar-refractivity contribution is -0.133. The minimum Gasteiger partial charge on any atom is -0.376 e. The summed E-state index contributed by atoms with van der Waals surface area (Å²) in [6, 6.07) is 7.19. The van der Waals surface area contributed by atoms with Gasteiger partial charge in [0, 0.05) is 25.1 Å². The summed E-state index contributed by atoms with van der Waals surface area (Å²) in [4.78, 5) is 34.6. The van der Waals surface area contributed by atoms with Gasteiger partial charge in [0.2, 0.25) is 5.91 Å². The number of hydrogen-bond acceptors (Lipinski definition) is 6. The minimum atomic E-state index is -0.198. The van der Waals surface area contributed by atoms with Gasteiger partial charge in [-0.25, -0.2) is 4.98 Å². The van der Waals surface area contributed by atoms with E-state index >= 15 is 0 Å². The van der Waals surface area contributed by atoms with E-state index in [1.807, 2.05) is 19.9 Å². The largest absolute Gasteiger partial charge is 0.376 e. The summed E-state index contributed by atoms with van der Waals surface area (Å²) in [5.74, 6) is 1.20. The van der Waals surface area contributed by atoms with Gasteiger partial charge in [-0.1, -0.05) is 17.3 Å². The lowest BCUT2D eigenvalue weighted by Crippen LogP contribution is -2.38. The first-order chi connectivity index (χ1) is 14.5. The number of aromatic amines is 1. The van der Waals surface area contributed by atoms with E-state index in [0.717, 1.165) is 36.5 Å². The Morgan fingerprint density at radius 1 is 1.30 bits per heavy atom. The van der Waals surface area contributed by atoms with E-state index in [2.05, 4.69) is 15.1 Å². The molecule has 1 fully saturated rings. The van der Waals surface area contributed by atoms with Crippen molar-refractivity contribution in [2.24, 2.45) is 0 Å². The van der Waals surface area contributed by atoms with Gasteiger partial charge in [0.25, 0.3) is 5.56 Å². The zero-order valence-corrected chi connectivity index (χ0v) is 17.3. The molecule has 3 heterocycles. The van der Waals surface area contributed by atoms with Crippen molar-refractivity contribution in [2.45, 2.75) is 52.2 Å². The molecule has 0 saturated carbocycles. The van der Waals surface area contributed by atoms with Crippen LogP contribution < -0.4 is 5.56 Å². The highest BCUT2D eigenvalue weighted by atomic mass is 16.5. The van der Waals surface area contributed by atoms with E-state index in [4.69, 9.17) is 9.26 Å². The Bertz CT molecular complexity index is 1080. The third-order valence-electron chi connectivity index (χ3n) is 5.57. The Morgan fingerprint density at radius 2 is 2.13 bits per heavy atom. The van der Waals surface area contributed by atoms with Crippen LogP contribution in [-0.4, -0.2) is 45.2 Å². The molecule has 1 unspecified atom stereocenters. The zero-order chi connectivity index (χ0) is 21.1. The Hall–Kier alpha value is -3.00. The van der Waals surface area contributed by atoms with Crippen LogP contribution in [0.5, 0.6) is 0 Å². The molecule has 30 heavy (non-hydrogen) atoms. The number of para-hydroxylation sites is 1. The Kier molecular flexibility index (Phi) is 5.94. The predicted octanol–water partition coefficient (Wildman–Crippen LogP) is 2.67. The molecule has 1 atom stereocenters. The van der Waals surface area contributed by atoms with Crippen LogP contribution in [0.1, 0.15) is 42.1 Å². The van der Waals surface area contributed by atoms with Gasteiger partial charge in [-0.15, -0.1) is 0 Å². The molecule has 1 amide bonds. The lowest BCUT2D eigenvalue weighted by atomic mass is 10.1. The van der Waals surface area contributed by atoms with Gasteiger partial charge in [-0.05, 0) is 45.2 Å². The number of hydrogen-bond donors (Lipinski definition) is 1. The van der Waals surface area contributed by atoms with Crippen molar-refractivity contribution in [3.8, 4) is 0 Å². The van der Waals surface area contributed by atoms with Crippen molar-refractivity contribution < 1.29 is 14.1 Å². The summed E-state index contributed by atoms with van der Waals surface area (Å²) in [5, 5.41) is 4.50. The molecule has 3 aromatic rings. The van der Waals surface area contributed by atoms with Crippen molar-refractivity contribution in [3.63, 3.8) is 0 Å². The van der Waals surface area contributed by atoms with Gasteiger partial charge < -0.3 is 19.1 Å². The molecule has 0 bridgehead atoms. The molecular weight excluding hydrogens is 384 g/mol. The molecule has 1 aromatic carbocycles. The van der Waals surface area contributed by atoms with Gasteiger partial charge in [-0.3, -0.25) is 9.59 Å². The third kappa shape index (κ3) is 4.43. The molecule has 0 spiro atoms. The number of aryl methyl sites for hydroxylation is 2. The van der Waals surface area contributed by atoms with Crippen LogP contribution in [0.4, 0.5) is 0 Å². The minimum absolute atomic E-state index is 0.0127. The van der Waals surface area contributed by atoms with Crippen molar-refractivity contribution in [1.82, 2.24) is 20.0 Å². The molecule has 8 heteroatoms. The van der Waals surface area contributed by atoms with Crippen molar-refractivity contribution in [3.05, 3.63) is 57.5 Å². The molecular formula is C22H26N4O4. The number of fused-ring (bicyclic) bond motifs is 1. The van der Waals surface area contributed by atoms with Crippen LogP contribution in [0.15, 0.2) is 33.6 Å². The Balaban J connectivity index is 1.53. The Morgan fingerprint density at radius 3 is 2.87 bits per heavy atom. The number of nitrogens with zero attached hydrogens (tertiary/aromatic N) is 3. The molecule has 1 saturated heterocycles. The molecule has 2 aromatic heterocycles. The number of amides is 1. The number of benzene rings is 1. The topological polar surface area (TPSA) is 101 Å². The quantitative estimate of drug-likeness (QED) is 0.643. The fourth-order valence-corrected chi connectivity index (χ4v) is 3.93. The van der Waals surface area contributed by atoms with Crippen LogP contribution in [0.2, 0.25) is 0 Å². The SMILES string of the molecule is Cc1noc(C)c1CCC(=O)N(Cc1nc2ccccc2c(=O)[nH]1)CC1CCCO1. The van der Waals surface area contributed by atoms with Gasteiger partial charge in [0.15, 0.2) is 0 Å². The number of aromatic nitrogens is 3. The third-order valence-corrected chi connectivity index (χ3v) is 5.57. The van der Waals surface area contributed by atoms with E-state index in [9.17, 15) is 9.59 Å². The number of nitrogens with one attached hydrogen (secondary N) is 1. The predicted molar refractivity (Wildman–Crippen MR) is 111 cm³/mol. The van der Waals surface area contributed by atoms with Crippen LogP contribution in [0.3, 0.4) is 0 Å². The molecule has 0 radical (unpaired) electrons. The second kappa shape index (κ2) is 8.79. The van der Waals surface area contributed by atoms with E-state index in [-0.39, 0.29) is 24.1 Å². The maximum atomic E-state index is 13.1. The first kappa shape index (κ1) is 20.3. The van der Waals surface area contributed by atoms with Gasteiger partial charge >= 0.3 is 0 Å². The van der Waals surface area contributed by atoms with Crippen molar-refractivity contribution in [1.29, 1.82) is 0 Å². The normalized spacial score (nSPS) is 16.3. The van der Waals surface area contributed by atoms with Gasteiger partial charge in [-0.2, -0.15) is 0 Å². The van der Waals surface area contributed by atoms with Crippen molar-refractivity contribution >= 4 is 16.8 Å². The van der Waals surface area contributed by atoms with Crippen molar-refractivity contribution in [2.75, 3.05) is 13.2 Å². The number of H-pyrrole nitrogens is 1. The highest BCUT2D eigenvalue weighted by molar-refractivity contribution is 5.78. The summed E-state index contributed by atoms with van der Waals surface area (Å²) in [7, 11) is 0. The number of carbonyl (C=O) groups excluding carboxylic acids is 1. The molecule has 158 valence electrons. The average molecular weight is 410 g/mol. The second-order valence-corrected chi connectivity index (χ2v) is 7.74. The van der Waals surface area contributed by atoms with E-state index in [1.54, 1.807) is 23.1 Å². The summed E-state index contributed by atoms with van der Waals surface area (Å²) in [5.41, 5.74) is 2.21. The smallest absolute Gasteiger partial charge is 0.258 e.